The molecule has 4 nitrogen and oxygen atoms in total. The molecule has 0 aromatic heterocycles. The number of ether oxygens (including phenoxy) is 2. The van der Waals surface area contributed by atoms with E-state index in [2.05, 4.69) is 0 Å². The summed E-state index contributed by atoms with van der Waals surface area (Å²) in [5.41, 5.74) is 6.95. The molecule has 0 unspecified atom stereocenters. The average molecular weight is 292 g/mol. The van der Waals surface area contributed by atoms with Crippen molar-refractivity contribution in [3.05, 3.63) is 52.5 Å². The van der Waals surface area contributed by atoms with Crippen molar-refractivity contribution in [2.75, 3.05) is 20.0 Å². The molecule has 20 heavy (non-hydrogen) atoms. The van der Waals surface area contributed by atoms with Crippen LogP contribution in [0.25, 0.3) is 0 Å². The second-order valence-electron chi connectivity index (χ2n) is 4.13. The Morgan fingerprint density at radius 2 is 1.60 bits per heavy atom. The smallest absolute Gasteiger partial charge is 0.196 e. The largest absolute Gasteiger partial charge is 0.497 e. The number of nitrogen functional groups attached to an aromatic ring is 1. The second-order valence-corrected chi connectivity index (χ2v) is 4.54. The number of hydrogen-bond acceptors (Lipinski definition) is 4. The lowest BCUT2D eigenvalue weighted by Gasteiger charge is -2.09. The summed E-state index contributed by atoms with van der Waals surface area (Å²) in [7, 11) is 3.06. The highest BCUT2D eigenvalue weighted by atomic mass is 35.5. The molecule has 0 bridgehead atoms. The summed E-state index contributed by atoms with van der Waals surface area (Å²) < 4.78 is 10.2. The summed E-state index contributed by atoms with van der Waals surface area (Å²) in [4.78, 5) is 12.5. The van der Waals surface area contributed by atoms with Crippen LogP contribution in [0.5, 0.6) is 11.5 Å². The molecule has 0 spiro atoms. The lowest BCUT2D eigenvalue weighted by molar-refractivity contribution is 0.103. The fourth-order valence-electron chi connectivity index (χ4n) is 1.81. The van der Waals surface area contributed by atoms with Gasteiger partial charge >= 0.3 is 0 Å². The van der Waals surface area contributed by atoms with Crippen LogP contribution in [0.1, 0.15) is 15.9 Å². The molecule has 0 saturated heterocycles. The first-order valence-corrected chi connectivity index (χ1v) is 6.26. The first kappa shape index (κ1) is 14.2. The van der Waals surface area contributed by atoms with Crippen LogP contribution in [0.3, 0.4) is 0 Å². The first-order valence-electron chi connectivity index (χ1n) is 5.88. The summed E-state index contributed by atoms with van der Waals surface area (Å²) in [6.45, 7) is 0. The van der Waals surface area contributed by atoms with Gasteiger partial charge in [-0.15, -0.1) is 0 Å². The molecule has 0 radical (unpaired) electrons. The third kappa shape index (κ3) is 2.70. The number of rotatable bonds is 4. The Bertz CT molecular complexity index is 656. The molecule has 2 N–H and O–H groups in total. The highest BCUT2D eigenvalue weighted by Gasteiger charge is 2.17. The van der Waals surface area contributed by atoms with Crippen molar-refractivity contribution in [2.24, 2.45) is 0 Å². The van der Waals surface area contributed by atoms with E-state index in [9.17, 15) is 4.79 Å². The quantitative estimate of drug-likeness (QED) is 0.694. The van der Waals surface area contributed by atoms with Gasteiger partial charge in [0.15, 0.2) is 5.78 Å². The van der Waals surface area contributed by atoms with Gasteiger partial charge in [0.2, 0.25) is 0 Å². The normalized spacial score (nSPS) is 10.2. The maximum absolute atomic E-state index is 12.5. The minimum Gasteiger partial charge on any atom is -0.497 e. The van der Waals surface area contributed by atoms with E-state index in [4.69, 9.17) is 26.8 Å². The molecule has 0 fully saturated rings. The summed E-state index contributed by atoms with van der Waals surface area (Å²) in [5, 5.41) is 0.316. The fraction of sp³-hybridized carbons (Fsp3) is 0.133. The minimum absolute atomic E-state index is 0.256. The van der Waals surface area contributed by atoms with Crippen LogP contribution in [0.15, 0.2) is 36.4 Å². The zero-order valence-corrected chi connectivity index (χ0v) is 11.9. The van der Waals surface area contributed by atoms with Gasteiger partial charge in [-0.1, -0.05) is 11.6 Å². The van der Waals surface area contributed by atoms with Gasteiger partial charge in [-0.2, -0.15) is 0 Å². The van der Waals surface area contributed by atoms with Gasteiger partial charge in [-0.05, 0) is 36.4 Å². The van der Waals surface area contributed by atoms with E-state index in [0.717, 1.165) is 0 Å². The molecule has 104 valence electrons. The van der Waals surface area contributed by atoms with Gasteiger partial charge in [0.25, 0.3) is 0 Å². The fourth-order valence-corrected chi connectivity index (χ4v) is 2.07. The van der Waals surface area contributed by atoms with Crippen molar-refractivity contribution in [3.8, 4) is 11.5 Å². The molecule has 2 rings (SSSR count). The molecule has 0 aliphatic rings. The number of benzene rings is 2. The molecule has 0 atom stereocenters. The first-order chi connectivity index (χ1) is 9.56. The van der Waals surface area contributed by atoms with E-state index in [1.807, 2.05) is 0 Å². The highest BCUT2D eigenvalue weighted by Crippen LogP contribution is 2.28. The number of nitrogens with two attached hydrogens (primary N) is 1. The molecule has 0 heterocycles. The molecule has 0 aliphatic carbocycles. The number of halogens is 1. The predicted molar refractivity (Wildman–Crippen MR) is 78.8 cm³/mol. The van der Waals surface area contributed by atoms with E-state index in [0.29, 0.717) is 33.3 Å². The van der Waals surface area contributed by atoms with E-state index >= 15 is 0 Å². The Hall–Kier alpha value is -2.20. The molecule has 5 heteroatoms. The van der Waals surface area contributed by atoms with Crippen LogP contribution >= 0.6 is 11.6 Å². The summed E-state index contributed by atoms with van der Waals surface area (Å²) in [6, 6.07) is 9.80. The van der Waals surface area contributed by atoms with Crippen LogP contribution in [0.2, 0.25) is 5.02 Å². The van der Waals surface area contributed by atoms with Crippen LogP contribution in [-0.4, -0.2) is 20.0 Å². The Balaban J connectivity index is 2.46. The summed E-state index contributed by atoms with van der Waals surface area (Å²) in [6.07, 6.45) is 0. The predicted octanol–water partition coefficient (Wildman–Crippen LogP) is 3.17. The number of ketones is 1. The molecule has 2 aromatic rings. The van der Waals surface area contributed by atoms with Crippen LogP contribution < -0.4 is 15.2 Å². The van der Waals surface area contributed by atoms with Crippen molar-refractivity contribution < 1.29 is 14.3 Å². The Labute approximate surface area is 122 Å². The van der Waals surface area contributed by atoms with E-state index in [-0.39, 0.29) is 5.78 Å². The zero-order valence-electron chi connectivity index (χ0n) is 11.1. The average Bonchev–Trinajstić information content (AvgIpc) is 2.47. The molecule has 0 saturated carbocycles. The molecule has 0 aliphatic heterocycles. The number of methoxy groups -OCH3 is 2. The summed E-state index contributed by atoms with van der Waals surface area (Å²) in [5.74, 6) is 0.895. The Morgan fingerprint density at radius 1 is 1.00 bits per heavy atom. The molecule has 2 aromatic carbocycles. The number of hydrogen-bond donors (Lipinski definition) is 1. The Kier molecular flexibility index (Phi) is 4.15. The van der Waals surface area contributed by atoms with Gasteiger partial charge in [-0.3, -0.25) is 4.79 Å². The lowest BCUT2D eigenvalue weighted by Crippen LogP contribution is -2.06. The van der Waals surface area contributed by atoms with Gasteiger partial charge in [0, 0.05) is 16.8 Å². The topological polar surface area (TPSA) is 61.5 Å². The van der Waals surface area contributed by atoms with E-state index in [1.165, 1.54) is 14.2 Å². The van der Waals surface area contributed by atoms with Gasteiger partial charge in [0.05, 0.1) is 19.2 Å². The van der Waals surface area contributed by atoms with Crippen LogP contribution in [0.4, 0.5) is 5.69 Å². The second kappa shape index (κ2) is 5.84. The van der Waals surface area contributed by atoms with Crippen LogP contribution in [0, 0.1) is 0 Å². The van der Waals surface area contributed by atoms with Gasteiger partial charge in [-0.25, -0.2) is 0 Å². The molecular weight excluding hydrogens is 278 g/mol. The van der Waals surface area contributed by atoms with Crippen molar-refractivity contribution in [1.29, 1.82) is 0 Å². The SMILES string of the molecule is COc1ccc(C(=O)c2cc(OC)ccc2N)c(Cl)c1. The number of carbonyl (C=O) groups is 1. The zero-order chi connectivity index (χ0) is 14.7. The highest BCUT2D eigenvalue weighted by molar-refractivity contribution is 6.35. The maximum atomic E-state index is 12.5. The number of carbonyl (C=O) groups excluding carboxylic acids is 1. The van der Waals surface area contributed by atoms with Gasteiger partial charge in [0.1, 0.15) is 11.5 Å². The standard InChI is InChI=1S/C15H14ClNO3/c1-19-9-4-6-14(17)12(7-9)15(18)11-5-3-10(20-2)8-13(11)16/h3-8H,17H2,1-2H3. The van der Waals surface area contributed by atoms with Crippen molar-refractivity contribution >= 4 is 23.1 Å². The van der Waals surface area contributed by atoms with Crippen molar-refractivity contribution in [1.82, 2.24) is 0 Å². The lowest BCUT2D eigenvalue weighted by atomic mass is 10.0. The third-order valence-corrected chi connectivity index (χ3v) is 3.24. The maximum Gasteiger partial charge on any atom is 0.196 e. The van der Waals surface area contributed by atoms with Crippen LogP contribution in [-0.2, 0) is 0 Å². The van der Waals surface area contributed by atoms with E-state index in [1.54, 1.807) is 36.4 Å². The van der Waals surface area contributed by atoms with E-state index < -0.39 is 0 Å². The number of anilines is 1. The molecule has 0 amide bonds. The van der Waals surface area contributed by atoms with Crippen molar-refractivity contribution in [3.63, 3.8) is 0 Å². The third-order valence-electron chi connectivity index (χ3n) is 2.93. The minimum atomic E-state index is -0.256. The van der Waals surface area contributed by atoms with Crippen molar-refractivity contribution in [2.45, 2.75) is 0 Å². The monoisotopic (exact) mass is 291 g/mol. The van der Waals surface area contributed by atoms with Gasteiger partial charge < -0.3 is 15.2 Å². The summed E-state index contributed by atoms with van der Waals surface area (Å²) >= 11 is 6.11. The Morgan fingerprint density at radius 3 is 2.20 bits per heavy atom. The molecular formula is C15H14ClNO3.